The third-order valence-electron chi connectivity index (χ3n) is 1.24. The summed E-state index contributed by atoms with van der Waals surface area (Å²) >= 11 is 0. The van der Waals surface area contributed by atoms with Gasteiger partial charge in [-0.05, 0) is 27.7 Å². The number of hydrogen-bond donors (Lipinski definition) is 1. The molecule has 0 aliphatic carbocycles. The van der Waals surface area contributed by atoms with Gasteiger partial charge in [-0.2, -0.15) is 0 Å². The minimum absolute atomic E-state index is 0.355. The Kier molecular flexibility index (Phi) is 3.58. The maximum absolute atomic E-state index is 10.8. The van der Waals surface area contributed by atoms with Crippen LogP contribution in [0.3, 0.4) is 0 Å². The highest BCUT2D eigenvalue weighted by Crippen LogP contribution is 2.06. The molecule has 0 heterocycles. The molecule has 11 heavy (non-hydrogen) atoms. The van der Waals surface area contributed by atoms with Crippen LogP contribution in [0.4, 0.5) is 0 Å². The molecule has 0 spiro atoms. The highest BCUT2D eigenvalue weighted by molar-refractivity contribution is 5.95. The topological polar surface area (TPSA) is 43.1 Å². The van der Waals surface area contributed by atoms with Crippen LogP contribution >= 0.6 is 0 Å². The van der Waals surface area contributed by atoms with E-state index in [1.54, 1.807) is 6.08 Å². The molecule has 0 aromatic carbocycles. The number of nitrogens with two attached hydrogens (primary N) is 1. The summed E-state index contributed by atoms with van der Waals surface area (Å²) in [5.41, 5.74) is 7.80. The summed E-state index contributed by atoms with van der Waals surface area (Å²) in [6.07, 6.45) is 1.80. The lowest BCUT2D eigenvalue weighted by molar-refractivity contribution is -0.114. The monoisotopic (exact) mass is 153 g/mol. The van der Waals surface area contributed by atoms with Gasteiger partial charge in [-0.25, -0.2) is 0 Å². The van der Waals surface area contributed by atoms with Gasteiger partial charge in [0.25, 0.3) is 0 Å². The molecule has 0 aromatic rings. The van der Waals surface area contributed by atoms with Crippen LogP contribution in [0, 0.1) is 0 Å². The van der Waals surface area contributed by atoms with E-state index in [2.05, 4.69) is 0 Å². The smallest absolute Gasteiger partial charge is 0.248 e. The molecule has 0 rings (SSSR count). The average molecular weight is 153 g/mol. The summed E-state index contributed by atoms with van der Waals surface area (Å²) < 4.78 is 0. The normalized spacial score (nSPS) is 8.73. The Labute approximate surface area is 67.8 Å². The SMILES string of the molecule is CC(C)=CC(C(N)=O)=C(C)C. The molecule has 2 heteroatoms. The molecule has 0 unspecified atom stereocenters. The van der Waals surface area contributed by atoms with Crippen molar-refractivity contribution in [2.75, 3.05) is 0 Å². The molecule has 0 fully saturated rings. The van der Waals surface area contributed by atoms with E-state index in [9.17, 15) is 4.79 Å². The first-order chi connectivity index (χ1) is 4.95. The van der Waals surface area contributed by atoms with E-state index >= 15 is 0 Å². The molecule has 0 saturated carbocycles. The van der Waals surface area contributed by atoms with E-state index in [-0.39, 0.29) is 5.91 Å². The fourth-order valence-corrected chi connectivity index (χ4v) is 0.751. The van der Waals surface area contributed by atoms with Gasteiger partial charge in [0.15, 0.2) is 0 Å². The predicted molar refractivity (Wildman–Crippen MR) is 47.0 cm³/mol. The van der Waals surface area contributed by atoms with Gasteiger partial charge >= 0.3 is 0 Å². The zero-order valence-electron chi connectivity index (χ0n) is 7.56. The molecule has 2 N–H and O–H groups in total. The number of amides is 1. The van der Waals surface area contributed by atoms with Gasteiger partial charge < -0.3 is 5.73 Å². The molecule has 0 radical (unpaired) electrons. The number of rotatable bonds is 2. The lowest BCUT2D eigenvalue weighted by atomic mass is 10.1. The minimum atomic E-state index is -0.355. The van der Waals surface area contributed by atoms with Crippen molar-refractivity contribution in [1.29, 1.82) is 0 Å². The van der Waals surface area contributed by atoms with Gasteiger partial charge in [-0.15, -0.1) is 0 Å². The molecule has 1 amide bonds. The molecule has 0 aliphatic heterocycles. The summed E-state index contributed by atoms with van der Waals surface area (Å²) in [6, 6.07) is 0. The van der Waals surface area contributed by atoms with Gasteiger partial charge in [0.05, 0.1) is 0 Å². The van der Waals surface area contributed by atoms with Crippen LogP contribution in [-0.4, -0.2) is 5.91 Å². The molecule has 0 atom stereocenters. The first-order valence-electron chi connectivity index (χ1n) is 3.57. The fraction of sp³-hybridized carbons (Fsp3) is 0.444. The zero-order valence-corrected chi connectivity index (χ0v) is 7.56. The van der Waals surface area contributed by atoms with E-state index in [0.717, 1.165) is 11.1 Å². The molecule has 0 aliphatic rings. The summed E-state index contributed by atoms with van der Waals surface area (Å²) in [4.78, 5) is 10.8. The molecule has 0 saturated heterocycles. The van der Waals surface area contributed by atoms with Crippen molar-refractivity contribution in [3.63, 3.8) is 0 Å². The van der Waals surface area contributed by atoms with E-state index < -0.39 is 0 Å². The van der Waals surface area contributed by atoms with Crippen LogP contribution in [0.25, 0.3) is 0 Å². The number of allylic oxidation sites excluding steroid dienone is 2. The summed E-state index contributed by atoms with van der Waals surface area (Å²) in [5.74, 6) is -0.355. The van der Waals surface area contributed by atoms with Crippen LogP contribution in [0.5, 0.6) is 0 Å². The molecular formula is C9H15NO. The largest absolute Gasteiger partial charge is 0.366 e. The first kappa shape index (κ1) is 9.95. The molecule has 0 aromatic heterocycles. The molecule has 0 bridgehead atoms. The second-order valence-corrected chi connectivity index (χ2v) is 3.00. The highest BCUT2D eigenvalue weighted by Gasteiger charge is 2.01. The Bertz CT molecular complexity index is 216. The van der Waals surface area contributed by atoms with Gasteiger partial charge in [0.2, 0.25) is 5.91 Å². The highest BCUT2D eigenvalue weighted by atomic mass is 16.1. The van der Waals surface area contributed by atoms with Crippen molar-refractivity contribution in [3.8, 4) is 0 Å². The number of primary amides is 1. The maximum atomic E-state index is 10.8. The second-order valence-electron chi connectivity index (χ2n) is 3.00. The van der Waals surface area contributed by atoms with Crippen molar-refractivity contribution >= 4 is 5.91 Å². The van der Waals surface area contributed by atoms with Gasteiger partial charge in [-0.1, -0.05) is 17.2 Å². The lowest BCUT2D eigenvalue weighted by Gasteiger charge is -1.99. The minimum Gasteiger partial charge on any atom is -0.366 e. The molecular weight excluding hydrogens is 138 g/mol. The Morgan fingerprint density at radius 2 is 1.64 bits per heavy atom. The van der Waals surface area contributed by atoms with Gasteiger partial charge in [0, 0.05) is 5.57 Å². The number of carbonyl (C=O) groups is 1. The number of carbonyl (C=O) groups excluding carboxylic acids is 1. The quantitative estimate of drug-likeness (QED) is 0.477. The van der Waals surface area contributed by atoms with Crippen molar-refractivity contribution in [3.05, 3.63) is 22.8 Å². The summed E-state index contributed by atoms with van der Waals surface area (Å²) in [5, 5.41) is 0. The Balaban J connectivity index is 4.81. The van der Waals surface area contributed by atoms with Crippen molar-refractivity contribution in [1.82, 2.24) is 0 Å². The van der Waals surface area contributed by atoms with Crippen molar-refractivity contribution < 1.29 is 4.79 Å². The van der Waals surface area contributed by atoms with E-state index in [0.29, 0.717) is 5.57 Å². The van der Waals surface area contributed by atoms with Gasteiger partial charge in [0.1, 0.15) is 0 Å². The number of hydrogen-bond acceptors (Lipinski definition) is 1. The second kappa shape index (κ2) is 3.96. The van der Waals surface area contributed by atoms with Gasteiger partial charge in [-0.3, -0.25) is 4.79 Å². The van der Waals surface area contributed by atoms with Crippen LogP contribution in [0.2, 0.25) is 0 Å². The molecule has 2 nitrogen and oxygen atoms in total. The predicted octanol–water partition coefficient (Wildman–Crippen LogP) is 1.77. The van der Waals surface area contributed by atoms with Crippen LogP contribution < -0.4 is 5.73 Å². The Morgan fingerprint density at radius 3 is 1.73 bits per heavy atom. The molecule has 62 valence electrons. The Hall–Kier alpha value is -1.05. The van der Waals surface area contributed by atoms with Crippen LogP contribution in [-0.2, 0) is 4.79 Å². The average Bonchev–Trinajstić information content (AvgIpc) is 1.81. The third-order valence-corrected chi connectivity index (χ3v) is 1.24. The maximum Gasteiger partial charge on any atom is 0.248 e. The van der Waals surface area contributed by atoms with Crippen molar-refractivity contribution in [2.24, 2.45) is 5.73 Å². The van der Waals surface area contributed by atoms with Crippen molar-refractivity contribution in [2.45, 2.75) is 27.7 Å². The Morgan fingerprint density at radius 1 is 1.18 bits per heavy atom. The van der Waals surface area contributed by atoms with Crippen LogP contribution in [0.1, 0.15) is 27.7 Å². The lowest BCUT2D eigenvalue weighted by Crippen LogP contribution is -2.13. The van der Waals surface area contributed by atoms with E-state index in [1.807, 2.05) is 27.7 Å². The fourth-order valence-electron chi connectivity index (χ4n) is 0.751. The summed E-state index contributed by atoms with van der Waals surface area (Å²) in [7, 11) is 0. The third kappa shape index (κ3) is 3.61. The van der Waals surface area contributed by atoms with E-state index in [1.165, 1.54) is 0 Å². The van der Waals surface area contributed by atoms with Crippen LogP contribution in [0.15, 0.2) is 22.8 Å². The van der Waals surface area contributed by atoms with E-state index in [4.69, 9.17) is 5.73 Å². The standard InChI is InChI=1S/C9H15NO/c1-6(2)5-8(7(3)4)9(10)11/h5H,1-4H3,(H2,10,11). The zero-order chi connectivity index (χ0) is 9.02. The first-order valence-corrected chi connectivity index (χ1v) is 3.57. The summed E-state index contributed by atoms with van der Waals surface area (Å²) in [6.45, 7) is 7.62.